The van der Waals surface area contributed by atoms with E-state index in [1.54, 1.807) is 0 Å². The van der Waals surface area contributed by atoms with Gasteiger partial charge in [-0.15, -0.1) is 0 Å². The van der Waals surface area contributed by atoms with Gasteiger partial charge in [-0.05, 0) is 31.0 Å². The summed E-state index contributed by atoms with van der Waals surface area (Å²) in [5.41, 5.74) is 0.364. The molecule has 6 heteroatoms. The number of amides is 1. The molecular weight excluding hydrogens is 422 g/mol. The highest BCUT2D eigenvalue weighted by molar-refractivity contribution is 9.10. The Morgan fingerprint density at radius 3 is 2.82 bits per heavy atom. The van der Waals surface area contributed by atoms with Crippen LogP contribution in [0.5, 0.6) is 0 Å². The van der Waals surface area contributed by atoms with Crippen molar-refractivity contribution in [3.8, 4) is 0 Å². The van der Waals surface area contributed by atoms with E-state index < -0.39 is 17.4 Å². The van der Waals surface area contributed by atoms with Crippen molar-refractivity contribution in [2.45, 2.75) is 50.9 Å². The normalized spacial score (nSPS) is 31.3. The third-order valence-electron chi connectivity index (χ3n) is 6.21. The highest BCUT2D eigenvalue weighted by Gasteiger charge is 2.67. The van der Waals surface area contributed by atoms with Crippen LogP contribution < -0.4 is 0 Å². The third kappa shape index (κ3) is 3.20. The number of fused-ring (bicyclic) bond motifs is 1. The van der Waals surface area contributed by atoms with E-state index in [1.165, 1.54) is 0 Å². The molecule has 1 amide bonds. The first-order valence-corrected chi connectivity index (χ1v) is 10.9. The van der Waals surface area contributed by atoms with E-state index in [4.69, 9.17) is 9.47 Å². The maximum absolute atomic E-state index is 13.3. The number of halogens is 1. The van der Waals surface area contributed by atoms with Gasteiger partial charge in [0.25, 0.3) is 0 Å². The molecule has 0 saturated carbocycles. The van der Waals surface area contributed by atoms with Crippen molar-refractivity contribution in [2.75, 3.05) is 13.2 Å². The SMILES string of the molecule is CCCCCOC(=O)[C@H]1[C@H]2C(=O)N([C@@H](C)c3ccc(Br)cc3)C[C@]23C=C[C@H]1O3. The predicted octanol–water partition coefficient (Wildman–Crippen LogP) is 4.03. The molecule has 3 aliphatic heterocycles. The van der Waals surface area contributed by atoms with Gasteiger partial charge in [0, 0.05) is 4.47 Å². The van der Waals surface area contributed by atoms with Gasteiger partial charge in [-0.25, -0.2) is 0 Å². The largest absolute Gasteiger partial charge is 0.465 e. The molecule has 0 aliphatic carbocycles. The zero-order valence-electron chi connectivity index (χ0n) is 16.3. The van der Waals surface area contributed by atoms with E-state index in [9.17, 15) is 9.59 Å². The van der Waals surface area contributed by atoms with Crippen LogP contribution in [0.25, 0.3) is 0 Å². The first kappa shape index (κ1) is 19.6. The second-order valence-electron chi connectivity index (χ2n) is 7.97. The van der Waals surface area contributed by atoms with Crippen molar-refractivity contribution in [1.29, 1.82) is 0 Å². The van der Waals surface area contributed by atoms with Crippen LogP contribution in [-0.4, -0.2) is 41.6 Å². The van der Waals surface area contributed by atoms with Crippen LogP contribution in [0.1, 0.15) is 44.7 Å². The molecule has 2 fully saturated rings. The Balaban J connectivity index is 1.51. The molecule has 2 saturated heterocycles. The zero-order chi connectivity index (χ0) is 19.9. The molecular formula is C22H26BrNO4. The van der Waals surface area contributed by atoms with E-state index >= 15 is 0 Å². The lowest BCUT2D eigenvalue weighted by molar-refractivity contribution is -0.154. The molecule has 150 valence electrons. The summed E-state index contributed by atoms with van der Waals surface area (Å²) in [6.07, 6.45) is 6.51. The molecule has 3 aliphatic rings. The topological polar surface area (TPSA) is 55.8 Å². The van der Waals surface area contributed by atoms with E-state index in [1.807, 2.05) is 48.2 Å². The summed E-state index contributed by atoms with van der Waals surface area (Å²) < 4.78 is 12.7. The minimum absolute atomic E-state index is 0.0159. The molecule has 0 unspecified atom stereocenters. The number of benzene rings is 1. The summed E-state index contributed by atoms with van der Waals surface area (Å²) in [4.78, 5) is 27.9. The van der Waals surface area contributed by atoms with E-state index in [0.717, 1.165) is 29.3 Å². The summed E-state index contributed by atoms with van der Waals surface area (Å²) >= 11 is 3.45. The number of esters is 1. The average molecular weight is 448 g/mol. The second kappa shape index (κ2) is 7.64. The Labute approximate surface area is 174 Å². The van der Waals surface area contributed by atoms with Gasteiger partial charge >= 0.3 is 5.97 Å². The number of carbonyl (C=O) groups excluding carboxylic acids is 2. The summed E-state index contributed by atoms with van der Waals surface area (Å²) in [7, 11) is 0. The first-order valence-electron chi connectivity index (χ1n) is 10.1. The van der Waals surface area contributed by atoms with Gasteiger partial charge < -0.3 is 14.4 Å². The Morgan fingerprint density at radius 2 is 2.11 bits per heavy atom. The molecule has 3 heterocycles. The molecule has 0 radical (unpaired) electrons. The van der Waals surface area contributed by atoms with Crippen LogP contribution in [0.4, 0.5) is 0 Å². The second-order valence-corrected chi connectivity index (χ2v) is 8.88. The smallest absolute Gasteiger partial charge is 0.312 e. The van der Waals surface area contributed by atoms with Gasteiger partial charge in [-0.3, -0.25) is 9.59 Å². The van der Waals surface area contributed by atoms with E-state index in [-0.39, 0.29) is 24.0 Å². The Morgan fingerprint density at radius 1 is 1.36 bits per heavy atom. The molecule has 0 N–H and O–H groups in total. The average Bonchev–Trinajstić information content (AvgIpc) is 3.33. The first-order chi connectivity index (χ1) is 13.5. The summed E-state index contributed by atoms with van der Waals surface area (Å²) in [6, 6.07) is 7.90. The molecule has 0 aromatic heterocycles. The fourth-order valence-corrected chi connectivity index (χ4v) is 4.93. The lowest BCUT2D eigenvalue weighted by Gasteiger charge is -2.27. The summed E-state index contributed by atoms with van der Waals surface area (Å²) in [5.74, 6) is -1.35. The molecule has 4 rings (SSSR count). The predicted molar refractivity (Wildman–Crippen MR) is 108 cm³/mol. The number of hydrogen-bond donors (Lipinski definition) is 0. The number of ether oxygens (including phenoxy) is 2. The Bertz CT molecular complexity index is 792. The van der Waals surface area contributed by atoms with Gasteiger partial charge in [0.05, 0.1) is 31.2 Å². The van der Waals surface area contributed by atoms with Crippen molar-refractivity contribution in [1.82, 2.24) is 4.90 Å². The zero-order valence-corrected chi connectivity index (χ0v) is 17.9. The maximum atomic E-state index is 13.3. The van der Waals surface area contributed by atoms with Gasteiger partial charge in [-0.2, -0.15) is 0 Å². The number of likely N-dealkylation sites (tertiary alicyclic amines) is 1. The quantitative estimate of drug-likeness (QED) is 0.359. The molecule has 1 spiro atoms. The maximum Gasteiger partial charge on any atom is 0.312 e. The Kier molecular flexibility index (Phi) is 5.36. The number of nitrogens with zero attached hydrogens (tertiary/aromatic N) is 1. The van der Waals surface area contributed by atoms with Crippen LogP contribution in [-0.2, 0) is 19.1 Å². The van der Waals surface area contributed by atoms with Gasteiger partial charge in [-0.1, -0.05) is 60.0 Å². The Hall–Kier alpha value is -1.66. The fraction of sp³-hybridized carbons (Fsp3) is 0.545. The van der Waals surface area contributed by atoms with Crippen molar-refractivity contribution < 1.29 is 19.1 Å². The van der Waals surface area contributed by atoms with Crippen molar-refractivity contribution in [3.63, 3.8) is 0 Å². The molecule has 1 aromatic rings. The van der Waals surface area contributed by atoms with Crippen molar-refractivity contribution in [2.24, 2.45) is 11.8 Å². The molecule has 2 bridgehead atoms. The molecule has 28 heavy (non-hydrogen) atoms. The van der Waals surface area contributed by atoms with E-state index in [0.29, 0.717) is 13.2 Å². The van der Waals surface area contributed by atoms with Crippen LogP contribution in [0.15, 0.2) is 40.9 Å². The van der Waals surface area contributed by atoms with Crippen LogP contribution in [0.3, 0.4) is 0 Å². The number of carbonyl (C=O) groups is 2. The minimum atomic E-state index is -0.696. The van der Waals surface area contributed by atoms with Crippen LogP contribution in [0, 0.1) is 11.8 Å². The highest BCUT2D eigenvalue weighted by atomic mass is 79.9. The lowest BCUT2D eigenvalue weighted by Crippen LogP contribution is -2.40. The highest BCUT2D eigenvalue weighted by Crippen LogP contribution is 2.53. The molecule has 5 nitrogen and oxygen atoms in total. The van der Waals surface area contributed by atoms with Gasteiger partial charge in [0.2, 0.25) is 5.91 Å². The summed E-state index contributed by atoms with van der Waals surface area (Å²) in [6.45, 7) is 5.01. The van der Waals surface area contributed by atoms with E-state index in [2.05, 4.69) is 22.9 Å². The standard InChI is InChI=1S/C22H26BrNO4/c1-3-4-5-12-27-21(26)18-17-10-11-22(28-17)13-24(20(25)19(18)22)14(2)15-6-8-16(23)9-7-15/h6-11,14,17-19H,3-5,12-13H2,1-2H3/t14-,17+,18+,19-,22+/m0/s1. The molecule has 1 aromatic carbocycles. The fourth-order valence-electron chi connectivity index (χ4n) is 4.67. The third-order valence-corrected chi connectivity index (χ3v) is 6.74. The number of unbranched alkanes of at least 4 members (excludes halogenated alkanes) is 2. The van der Waals surface area contributed by atoms with Gasteiger partial charge in [0.1, 0.15) is 11.5 Å². The van der Waals surface area contributed by atoms with Crippen LogP contribution >= 0.6 is 15.9 Å². The van der Waals surface area contributed by atoms with Crippen molar-refractivity contribution in [3.05, 3.63) is 46.5 Å². The lowest BCUT2D eigenvalue weighted by atomic mass is 9.77. The number of rotatable bonds is 7. The minimum Gasteiger partial charge on any atom is -0.465 e. The summed E-state index contributed by atoms with van der Waals surface area (Å²) in [5, 5.41) is 0. The monoisotopic (exact) mass is 447 g/mol. The van der Waals surface area contributed by atoms with Gasteiger partial charge in [0.15, 0.2) is 0 Å². The van der Waals surface area contributed by atoms with Crippen LogP contribution in [0.2, 0.25) is 0 Å². The number of hydrogen-bond acceptors (Lipinski definition) is 4. The molecule has 5 atom stereocenters. The van der Waals surface area contributed by atoms with Crippen molar-refractivity contribution >= 4 is 27.8 Å².